The standard InChI is InChI=1S/C17H30O9/c1-7-8-4-11(19)17(2,9(8)6-24-15(7)23-3)26-16-14(22)13(21)12(20)10(5-18)25-16/h7-16,18-22H,4-6H2,1-3H3/t7-,8-,9+,10-,11-,12-,13+,14-,15-,16+,17+/m1/s1. The molecule has 152 valence electrons. The highest BCUT2D eigenvalue weighted by Gasteiger charge is 2.59. The van der Waals surface area contributed by atoms with Crippen molar-refractivity contribution in [1.29, 1.82) is 0 Å². The second-order valence-electron chi connectivity index (χ2n) is 7.82. The summed E-state index contributed by atoms with van der Waals surface area (Å²) in [6, 6.07) is 0. The molecule has 3 rings (SSSR count). The van der Waals surface area contributed by atoms with E-state index in [4.69, 9.17) is 18.9 Å². The maximum atomic E-state index is 10.7. The zero-order valence-electron chi connectivity index (χ0n) is 15.3. The largest absolute Gasteiger partial charge is 0.394 e. The van der Waals surface area contributed by atoms with Gasteiger partial charge in [0.15, 0.2) is 12.6 Å². The Morgan fingerprint density at radius 2 is 1.77 bits per heavy atom. The Morgan fingerprint density at radius 1 is 1.08 bits per heavy atom. The van der Waals surface area contributed by atoms with Crippen molar-refractivity contribution < 1.29 is 44.5 Å². The first-order valence-electron chi connectivity index (χ1n) is 9.05. The lowest BCUT2D eigenvalue weighted by Gasteiger charge is -2.47. The van der Waals surface area contributed by atoms with Crippen molar-refractivity contribution in [3.63, 3.8) is 0 Å². The Balaban J connectivity index is 1.78. The summed E-state index contributed by atoms with van der Waals surface area (Å²) in [7, 11) is 1.58. The fraction of sp³-hybridized carbons (Fsp3) is 1.00. The lowest BCUT2D eigenvalue weighted by molar-refractivity contribution is -0.341. The van der Waals surface area contributed by atoms with Crippen molar-refractivity contribution >= 4 is 0 Å². The average molecular weight is 378 g/mol. The number of hydrogen-bond acceptors (Lipinski definition) is 9. The van der Waals surface area contributed by atoms with Gasteiger partial charge in [0.05, 0.1) is 24.9 Å². The number of fused-ring (bicyclic) bond motifs is 1. The second-order valence-corrected chi connectivity index (χ2v) is 7.82. The third-order valence-corrected chi connectivity index (χ3v) is 6.41. The van der Waals surface area contributed by atoms with Crippen LogP contribution in [0.25, 0.3) is 0 Å². The highest BCUT2D eigenvalue weighted by Crippen LogP contribution is 2.50. The van der Waals surface area contributed by atoms with Crippen molar-refractivity contribution in [2.24, 2.45) is 17.8 Å². The average Bonchev–Trinajstić information content (AvgIpc) is 2.88. The number of rotatable bonds is 4. The van der Waals surface area contributed by atoms with Crippen LogP contribution < -0.4 is 0 Å². The van der Waals surface area contributed by atoms with Crippen LogP contribution in [0.3, 0.4) is 0 Å². The Bertz CT molecular complexity index is 489. The van der Waals surface area contributed by atoms with Crippen LogP contribution in [0.5, 0.6) is 0 Å². The van der Waals surface area contributed by atoms with Gasteiger partial charge in [-0.15, -0.1) is 0 Å². The van der Waals surface area contributed by atoms with Crippen LogP contribution >= 0.6 is 0 Å². The van der Waals surface area contributed by atoms with Gasteiger partial charge in [-0.25, -0.2) is 0 Å². The van der Waals surface area contributed by atoms with Crippen molar-refractivity contribution in [3.05, 3.63) is 0 Å². The van der Waals surface area contributed by atoms with E-state index in [-0.39, 0.29) is 24.0 Å². The minimum absolute atomic E-state index is 0.0497. The molecule has 0 bridgehead atoms. The topological polar surface area (TPSA) is 138 Å². The van der Waals surface area contributed by atoms with E-state index in [1.807, 2.05) is 6.92 Å². The molecule has 3 fully saturated rings. The third-order valence-electron chi connectivity index (χ3n) is 6.41. The van der Waals surface area contributed by atoms with E-state index in [1.165, 1.54) is 0 Å². The van der Waals surface area contributed by atoms with Gasteiger partial charge in [-0.1, -0.05) is 6.92 Å². The summed E-state index contributed by atoms with van der Waals surface area (Å²) in [5, 5.41) is 50.1. The molecule has 0 aromatic heterocycles. The van der Waals surface area contributed by atoms with Crippen LogP contribution in [-0.4, -0.2) is 94.6 Å². The van der Waals surface area contributed by atoms with Gasteiger partial charge in [0.25, 0.3) is 0 Å². The maximum Gasteiger partial charge on any atom is 0.187 e. The summed E-state index contributed by atoms with van der Waals surface area (Å²) in [6.07, 6.45) is -7.53. The molecular weight excluding hydrogens is 348 g/mol. The molecule has 2 heterocycles. The van der Waals surface area contributed by atoms with E-state index >= 15 is 0 Å². The fourth-order valence-corrected chi connectivity index (χ4v) is 4.61. The highest BCUT2D eigenvalue weighted by atomic mass is 16.7. The molecule has 26 heavy (non-hydrogen) atoms. The molecule has 9 heteroatoms. The van der Waals surface area contributed by atoms with Gasteiger partial charge in [-0.05, 0) is 19.3 Å². The lowest BCUT2D eigenvalue weighted by atomic mass is 9.78. The van der Waals surface area contributed by atoms with Crippen molar-refractivity contribution in [2.45, 2.75) is 69.0 Å². The normalized spacial score (nSPS) is 54.9. The van der Waals surface area contributed by atoms with Gasteiger partial charge in [0.2, 0.25) is 0 Å². The first-order chi connectivity index (χ1) is 12.2. The summed E-state index contributed by atoms with van der Waals surface area (Å²) in [4.78, 5) is 0. The van der Waals surface area contributed by atoms with E-state index in [1.54, 1.807) is 14.0 Å². The monoisotopic (exact) mass is 378 g/mol. The minimum Gasteiger partial charge on any atom is -0.394 e. The number of aliphatic hydroxyl groups excluding tert-OH is 5. The van der Waals surface area contributed by atoms with Crippen molar-refractivity contribution in [1.82, 2.24) is 0 Å². The first-order valence-corrected chi connectivity index (χ1v) is 9.05. The molecule has 0 aromatic rings. The Labute approximate surface area is 152 Å². The van der Waals surface area contributed by atoms with Crippen LogP contribution in [0.4, 0.5) is 0 Å². The molecule has 0 aromatic carbocycles. The summed E-state index contributed by atoms with van der Waals surface area (Å²) in [5.41, 5.74) is -1.08. The van der Waals surface area contributed by atoms with E-state index in [0.717, 1.165) is 0 Å². The zero-order chi connectivity index (χ0) is 19.2. The summed E-state index contributed by atoms with van der Waals surface area (Å²) in [5.74, 6) is -0.0153. The molecule has 9 nitrogen and oxygen atoms in total. The van der Waals surface area contributed by atoms with Gasteiger partial charge in [-0.2, -0.15) is 0 Å². The number of ether oxygens (including phenoxy) is 4. The van der Waals surface area contributed by atoms with Gasteiger partial charge in [0, 0.05) is 18.9 Å². The predicted octanol–water partition coefficient (Wildman–Crippen LogP) is -1.80. The van der Waals surface area contributed by atoms with E-state index in [2.05, 4.69) is 0 Å². The van der Waals surface area contributed by atoms with Crippen LogP contribution in [0, 0.1) is 17.8 Å². The summed E-state index contributed by atoms with van der Waals surface area (Å²) < 4.78 is 22.5. The maximum absolute atomic E-state index is 10.7. The van der Waals surface area contributed by atoms with Crippen LogP contribution in [0.1, 0.15) is 20.3 Å². The van der Waals surface area contributed by atoms with Crippen LogP contribution in [0.15, 0.2) is 0 Å². The molecular formula is C17H30O9. The Hall–Kier alpha value is -0.360. The number of aliphatic hydroxyl groups is 5. The molecule has 2 saturated heterocycles. The molecule has 2 aliphatic heterocycles. The second kappa shape index (κ2) is 7.57. The van der Waals surface area contributed by atoms with Crippen LogP contribution in [-0.2, 0) is 18.9 Å². The molecule has 1 saturated carbocycles. The quantitative estimate of drug-likeness (QED) is 0.383. The molecule has 5 N–H and O–H groups in total. The Kier molecular flexibility index (Phi) is 5.94. The molecule has 3 aliphatic rings. The predicted molar refractivity (Wildman–Crippen MR) is 86.8 cm³/mol. The Morgan fingerprint density at radius 3 is 2.38 bits per heavy atom. The van der Waals surface area contributed by atoms with Crippen LogP contribution in [0.2, 0.25) is 0 Å². The fourth-order valence-electron chi connectivity index (χ4n) is 4.61. The number of hydrogen-bond donors (Lipinski definition) is 5. The molecule has 0 radical (unpaired) electrons. The SMILES string of the molecule is CO[C@@H]1OC[C@H]2[C@H](C[C@@H](O)[C@@]2(C)O[C@@H]2O[C@H](CO)[C@@H](O)[C@H](O)[C@H]2O)[C@H]1C. The molecule has 0 amide bonds. The highest BCUT2D eigenvalue weighted by molar-refractivity contribution is 5.06. The van der Waals surface area contributed by atoms with Gasteiger partial charge in [-0.3, -0.25) is 0 Å². The van der Waals surface area contributed by atoms with Crippen molar-refractivity contribution in [3.8, 4) is 0 Å². The third kappa shape index (κ3) is 3.19. The summed E-state index contributed by atoms with van der Waals surface area (Å²) >= 11 is 0. The van der Waals surface area contributed by atoms with Gasteiger partial charge in [0.1, 0.15) is 24.4 Å². The van der Waals surface area contributed by atoms with E-state index in [0.29, 0.717) is 13.0 Å². The van der Waals surface area contributed by atoms with Gasteiger partial charge < -0.3 is 44.5 Å². The zero-order valence-corrected chi connectivity index (χ0v) is 15.3. The minimum atomic E-state index is -1.52. The first kappa shape index (κ1) is 20.4. The molecule has 0 unspecified atom stereocenters. The van der Waals surface area contributed by atoms with E-state index in [9.17, 15) is 25.5 Å². The van der Waals surface area contributed by atoms with Gasteiger partial charge >= 0.3 is 0 Å². The van der Waals surface area contributed by atoms with Crippen molar-refractivity contribution in [2.75, 3.05) is 20.3 Å². The van der Waals surface area contributed by atoms with E-state index < -0.39 is 49.0 Å². The lowest BCUT2D eigenvalue weighted by Crippen LogP contribution is -2.62. The smallest absolute Gasteiger partial charge is 0.187 e. The molecule has 1 aliphatic carbocycles. The summed E-state index contributed by atoms with van der Waals surface area (Å²) in [6.45, 7) is 3.51. The number of methoxy groups -OCH3 is 1. The molecule has 11 atom stereocenters. The molecule has 0 spiro atoms.